The number of piperazine rings is 1. The third-order valence-corrected chi connectivity index (χ3v) is 5.60. The van der Waals surface area contributed by atoms with E-state index in [2.05, 4.69) is 66.4 Å². The minimum absolute atomic E-state index is 0.760. The maximum absolute atomic E-state index is 4.66. The van der Waals surface area contributed by atoms with Gasteiger partial charge in [-0.25, -0.2) is 0 Å². The topological polar surface area (TPSA) is 57.5 Å². The third-order valence-electron chi connectivity index (χ3n) is 5.60. The Morgan fingerprint density at radius 1 is 0.828 bits per heavy atom. The van der Waals surface area contributed by atoms with Crippen LogP contribution in [0.15, 0.2) is 65.9 Å². The first-order valence-electron chi connectivity index (χ1n) is 10.2. The Kier molecular flexibility index (Phi) is 4.90. The van der Waals surface area contributed by atoms with Crippen molar-refractivity contribution in [3.8, 4) is 0 Å². The lowest BCUT2D eigenvalue weighted by atomic mass is 10.0. The van der Waals surface area contributed by atoms with Gasteiger partial charge in [-0.3, -0.25) is 9.98 Å². The Labute approximate surface area is 170 Å². The highest BCUT2D eigenvalue weighted by molar-refractivity contribution is 5.95. The van der Waals surface area contributed by atoms with Gasteiger partial charge in [-0.1, -0.05) is 30.3 Å². The molecule has 1 aromatic carbocycles. The van der Waals surface area contributed by atoms with Gasteiger partial charge in [-0.15, -0.1) is 5.10 Å². The van der Waals surface area contributed by atoms with E-state index in [1.807, 2.05) is 24.5 Å². The third kappa shape index (κ3) is 3.70. The summed E-state index contributed by atoms with van der Waals surface area (Å²) < 4.78 is 0. The fourth-order valence-corrected chi connectivity index (χ4v) is 4.05. The molecule has 146 valence electrons. The van der Waals surface area contributed by atoms with Crippen molar-refractivity contribution in [2.75, 3.05) is 37.6 Å². The Bertz CT molecular complexity index is 1050. The van der Waals surface area contributed by atoms with Crippen LogP contribution in [-0.2, 0) is 6.42 Å². The molecule has 2 aliphatic rings. The summed E-state index contributed by atoms with van der Waals surface area (Å²) in [6.45, 7) is 4.67. The molecule has 1 saturated heterocycles. The highest BCUT2D eigenvalue weighted by Crippen LogP contribution is 2.28. The smallest absolute Gasteiger partial charge is 0.159 e. The number of nitrogens with zero attached hydrogens (tertiary/aromatic N) is 6. The van der Waals surface area contributed by atoms with Crippen molar-refractivity contribution in [3.05, 3.63) is 72.2 Å². The monoisotopic (exact) mass is 384 g/mol. The maximum Gasteiger partial charge on any atom is 0.159 e. The molecule has 0 spiro atoms. The van der Waals surface area contributed by atoms with E-state index in [9.17, 15) is 0 Å². The summed E-state index contributed by atoms with van der Waals surface area (Å²) in [5, 5.41) is 11.6. The number of anilines is 1. The SMILES string of the molecule is C1=CC(N2CCN(c3nnc(Cc4ccncc4)c4ccccc34)CC2)=NCC1. The molecule has 0 amide bonds. The molecule has 2 aliphatic heterocycles. The molecule has 0 atom stereocenters. The number of pyridine rings is 1. The summed E-state index contributed by atoms with van der Waals surface area (Å²) in [6.07, 6.45) is 9.83. The minimum atomic E-state index is 0.760. The number of aliphatic imine (C=N–C) groups is 1. The molecular weight excluding hydrogens is 360 g/mol. The Balaban J connectivity index is 1.39. The van der Waals surface area contributed by atoms with Crippen molar-refractivity contribution in [2.45, 2.75) is 12.8 Å². The van der Waals surface area contributed by atoms with Crippen LogP contribution in [-0.4, -0.2) is 58.6 Å². The summed E-state index contributed by atoms with van der Waals surface area (Å²) in [6, 6.07) is 12.5. The summed E-state index contributed by atoms with van der Waals surface area (Å²) in [4.78, 5) is 13.5. The van der Waals surface area contributed by atoms with Gasteiger partial charge < -0.3 is 9.80 Å². The zero-order valence-corrected chi connectivity index (χ0v) is 16.4. The number of hydrogen-bond donors (Lipinski definition) is 0. The second kappa shape index (κ2) is 7.99. The summed E-state index contributed by atoms with van der Waals surface area (Å²) >= 11 is 0. The predicted octanol–water partition coefficient (Wildman–Crippen LogP) is 3.10. The van der Waals surface area contributed by atoms with Crippen LogP contribution in [0.2, 0.25) is 0 Å². The van der Waals surface area contributed by atoms with Gasteiger partial charge in [0.25, 0.3) is 0 Å². The molecule has 4 heterocycles. The number of rotatable bonds is 3. The van der Waals surface area contributed by atoms with E-state index in [1.54, 1.807) is 0 Å². The van der Waals surface area contributed by atoms with Gasteiger partial charge in [0.15, 0.2) is 5.82 Å². The average molecular weight is 384 g/mol. The molecule has 0 unspecified atom stereocenters. The first-order valence-corrected chi connectivity index (χ1v) is 10.2. The number of hydrogen-bond acceptors (Lipinski definition) is 6. The molecular formula is C23H24N6. The van der Waals surface area contributed by atoms with Gasteiger partial charge in [-0.2, -0.15) is 5.10 Å². The van der Waals surface area contributed by atoms with E-state index >= 15 is 0 Å². The van der Waals surface area contributed by atoms with Gasteiger partial charge in [0.2, 0.25) is 0 Å². The van der Waals surface area contributed by atoms with E-state index < -0.39 is 0 Å². The van der Waals surface area contributed by atoms with Crippen molar-refractivity contribution in [1.29, 1.82) is 0 Å². The normalized spacial score (nSPS) is 16.9. The van der Waals surface area contributed by atoms with E-state index in [1.165, 1.54) is 16.3 Å². The Morgan fingerprint density at radius 3 is 2.34 bits per heavy atom. The molecule has 0 aliphatic carbocycles. The van der Waals surface area contributed by atoms with E-state index in [-0.39, 0.29) is 0 Å². The standard InChI is InChI=1S/C23H24N6/c1-2-6-20-19(5-1)21(17-18-8-11-24-12-9-18)26-27-23(20)29-15-13-28(14-16-29)22-7-3-4-10-25-22/h1-3,5-9,11-12H,4,10,13-17H2. The van der Waals surface area contributed by atoms with Gasteiger partial charge in [0.05, 0.1) is 5.69 Å². The van der Waals surface area contributed by atoms with Crippen molar-refractivity contribution < 1.29 is 0 Å². The number of aromatic nitrogens is 3. The molecule has 2 aromatic heterocycles. The Morgan fingerprint density at radius 2 is 1.59 bits per heavy atom. The fraction of sp³-hybridized carbons (Fsp3) is 0.304. The lowest BCUT2D eigenvalue weighted by molar-refractivity contribution is 0.384. The minimum Gasteiger partial charge on any atom is -0.353 e. The van der Waals surface area contributed by atoms with Crippen molar-refractivity contribution >= 4 is 22.4 Å². The van der Waals surface area contributed by atoms with Crippen LogP contribution in [0.1, 0.15) is 17.7 Å². The lowest BCUT2D eigenvalue weighted by Crippen LogP contribution is -2.49. The zero-order chi connectivity index (χ0) is 19.5. The van der Waals surface area contributed by atoms with Gasteiger partial charge in [-0.05, 0) is 30.2 Å². The molecule has 6 heteroatoms. The van der Waals surface area contributed by atoms with E-state index in [0.717, 1.165) is 62.9 Å². The fourth-order valence-electron chi connectivity index (χ4n) is 4.05. The van der Waals surface area contributed by atoms with Crippen LogP contribution in [0.25, 0.3) is 10.8 Å². The molecule has 0 saturated carbocycles. The lowest BCUT2D eigenvalue weighted by Gasteiger charge is -2.37. The van der Waals surface area contributed by atoms with E-state index in [0.29, 0.717) is 0 Å². The van der Waals surface area contributed by atoms with Crippen LogP contribution in [0.5, 0.6) is 0 Å². The van der Waals surface area contributed by atoms with Crippen LogP contribution in [0.3, 0.4) is 0 Å². The highest BCUT2D eigenvalue weighted by atomic mass is 15.3. The summed E-state index contributed by atoms with van der Waals surface area (Å²) in [5.41, 5.74) is 2.21. The van der Waals surface area contributed by atoms with Crippen LogP contribution >= 0.6 is 0 Å². The number of benzene rings is 1. The maximum atomic E-state index is 4.66. The molecule has 0 N–H and O–H groups in total. The van der Waals surface area contributed by atoms with Crippen molar-refractivity contribution in [2.24, 2.45) is 4.99 Å². The largest absolute Gasteiger partial charge is 0.353 e. The zero-order valence-electron chi connectivity index (χ0n) is 16.4. The number of amidine groups is 1. The average Bonchev–Trinajstić information content (AvgIpc) is 2.81. The van der Waals surface area contributed by atoms with E-state index in [4.69, 9.17) is 0 Å². The van der Waals surface area contributed by atoms with Gasteiger partial charge in [0.1, 0.15) is 5.84 Å². The second-order valence-electron chi connectivity index (χ2n) is 7.45. The molecule has 5 rings (SSSR count). The first kappa shape index (κ1) is 17.8. The summed E-state index contributed by atoms with van der Waals surface area (Å²) in [5.74, 6) is 2.11. The van der Waals surface area contributed by atoms with Crippen molar-refractivity contribution in [3.63, 3.8) is 0 Å². The van der Waals surface area contributed by atoms with Crippen LogP contribution in [0.4, 0.5) is 5.82 Å². The molecule has 6 nitrogen and oxygen atoms in total. The van der Waals surface area contributed by atoms with Crippen molar-refractivity contribution in [1.82, 2.24) is 20.1 Å². The Hall–Kier alpha value is -3.28. The second-order valence-corrected chi connectivity index (χ2v) is 7.45. The summed E-state index contributed by atoms with van der Waals surface area (Å²) in [7, 11) is 0. The quantitative estimate of drug-likeness (QED) is 0.695. The van der Waals surface area contributed by atoms with Gasteiger partial charge in [0, 0.05) is 62.3 Å². The first-order chi connectivity index (χ1) is 14.4. The molecule has 3 aromatic rings. The molecule has 0 radical (unpaired) electrons. The highest BCUT2D eigenvalue weighted by Gasteiger charge is 2.22. The molecule has 0 bridgehead atoms. The molecule has 1 fully saturated rings. The predicted molar refractivity (Wildman–Crippen MR) is 116 cm³/mol. The number of dihydropyridines is 1. The number of fused-ring (bicyclic) bond motifs is 1. The molecule has 29 heavy (non-hydrogen) atoms. The van der Waals surface area contributed by atoms with Crippen LogP contribution in [0, 0.1) is 0 Å². The van der Waals surface area contributed by atoms with Crippen LogP contribution < -0.4 is 4.90 Å². The van der Waals surface area contributed by atoms with Gasteiger partial charge >= 0.3 is 0 Å².